The number of amides is 1. The summed E-state index contributed by atoms with van der Waals surface area (Å²) in [5, 5.41) is 8.77. The van der Waals surface area contributed by atoms with Crippen molar-refractivity contribution in [1.29, 1.82) is 0 Å². The fraction of sp³-hybridized carbons (Fsp3) is 0.467. The van der Waals surface area contributed by atoms with Crippen LogP contribution in [-0.2, 0) is 9.53 Å². The van der Waals surface area contributed by atoms with Crippen LogP contribution in [0.5, 0.6) is 0 Å². The number of morpholine rings is 1. The molecule has 0 aromatic heterocycles. The van der Waals surface area contributed by atoms with Gasteiger partial charge in [-0.3, -0.25) is 14.5 Å². The van der Waals surface area contributed by atoms with E-state index in [0.29, 0.717) is 30.7 Å². The Morgan fingerprint density at radius 3 is 2.96 bits per heavy atom. The average Bonchev–Trinajstić information content (AvgIpc) is 2.48. The van der Waals surface area contributed by atoms with E-state index in [4.69, 9.17) is 9.84 Å². The van der Waals surface area contributed by atoms with Gasteiger partial charge >= 0.3 is 5.97 Å². The molecule has 1 atom stereocenters. The van der Waals surface area contributed by atoms with Gasteiger partial charge in [-0.15, -0.1) is 0 Å². The fourth-order valence-corrected chi connectivity index (χ4v) is 2.85. The van der Waals surface area contributed by atoms with Gasteiger partial charge in [0.25, 0.3) is 5.91 Å². The molecular weight excluding hydrogens is 371 g/mol. The molecular formula is C15H18BrFN2O4. The van der Waals surface area contributed by atoms with Gasteiger partial charge in [0.15, 0.2) is 0 Å². The van der Waals surface area contributed by atoms with Crippen LogP contribution in [0.3, 0.4) is 0 Å². The molecule has 1 fully saturated rings. The van der Waals surface area contributed by atoms with E-state index in [1.807, 2.05) is 0 Å². The van der Waals surface area contributed by atoms with E-state index in [1.165, 1.54) is 23.1 Å². The van der Waals surface area contributed by atoms with Crippen LogP contribution in [0.15, 0.2) is 22.7 Å². The van der Waals surface area contributed by atoms with Crippen molar-refractivity contribution in [2.45, 2.75) is 6.10 Å². The number of rotatable bonds is 5. The Labute approximate surface area is 141 Å². The maximum Gasteiger partial charge on any atom is 0.317 e. The van der Waals surface area contributed by atoms with Crippen molar-refractivity contribution in [3.05, 3.63) is 34.1 Å². The second kappa shape index (κ2) is 7.85. The minimum Gasteiger partial charge on any atom is -0.480 e. The number of carbonyl (C=O) groups is 2. The van der Waals surface area contributed by atoms with E-state index < -0.39 is 17.7 Å². The Kier molecular flexibility index (Phi) is 6.09. The van der Waals surface area contributed by atoms with E-state index in [0.717, 1.165) is 0 Å². The van der Waals surface area contributed by atoms with Crippen LogP contribution in [0, 0.1) is 5.82 Å². The molecule has 1 aromatic carbocycles. The quantitative estimate of drug-likeness (QED) is 0.826. The van der Waals surface area contributed by atoms with Crippen molar-refractivity contribution in [2.75, 3.05) is 39.8 Å². The molecule has 1 aliphatic rings. The normalized spacial score (nSPS) is 18.3. The smallest absolute Gasteiger partial charge is 0.317 e. The number of hydrogen-bond acceptors (Lipinski definition) is 4. The molecule has 0 spiro atoms. The van der Waals surface area contributed by atoms with Crippen LogP contribution in [-0.4, -0.2) is 72.7 Å². The van der Waals surface area contributed by atoms with Gasteiger partial charge in [0.2, 0.25) is 0 Å². The molecule has 126 valence electrons. The highest BCUT2D eigenvalue weighted by molar-refractivity contribution is 9.10. The van der Waals surface area contributed by atoms with E-state index in [1.54, 1.807) is 11.9 Å². The molecule has 0 aliphatic carbocycles. The van der Waals surface area contributed by atoms with Gasteiger partial charge < -0.3 is 14.7 Å². The zero-order valence-electron chi connectivity index (χ0n) is 12.7. The first-order chi connectivity index (χ1) is 10.9. The van der Waals surface area contributed by atoms with Crippen molar-refractivity contribution >= 4 is 27.8 Å². The number of benzene rings is 1. The highest BCUT2D eigenvalue weighted by Gasteiger charge is 2.27. The largest absolute Gasteiger partial charge is 0.480 e. The van der Waals surface area contributed by atoms with Gasteiger partial charge in [-0.2, -0.15) is 0 Å². The lowest BCUT2D eigenvalue weighted by atomic mass is 10.1. The molecule has 1 aliphatic heterocycles. The first-order valence-electron chi connectivity index (χ1n) is 7.13. The van der Waals surface area contributed by atoms with Crippen LogP contribution in [0.25, 0.3) is 0 Å². The van der Waals surface area contributed by atoms with E-state index in [9.17, 15) is 14.0 Å². The molecule has 1 heterocycles. The van der Waals surface area contributed by atoms with Crippen molar-refractivity contribution in [3.63, 3.8) is 0 Å². The molecule has 1 aromatic rings. The summed E-state index contributed by atoms with van der Waals surface area (Å²) in [7, 11) is 1.67. The van der Waals surface area contributed by atoms with Crippen molar-refractivity contribution in [2.24, 2.45) is 0 Å². The third-order valence-corrected chi connectivity index (χ3v) is 4.00. The Morgan fingerprint density at radius 1 is 1.52 bits per heavy atom. The topological polar surface area (TPSA) is 70.1 Å². The fourth-order valence-electron chi connectivity index (χ4n) is 2.49. The number of aliphatic carboxylic acids is 1. The molecule has 0 saturated carbocycles. The van der Waals surface area contributed by atoms with Gasteiger partial charge in [-0.05, 0) is 25.2 Å². The maximum absolute atomic E-state index is 13.9. The monoisotopic (exact) mass is 388 g/mol. The van der Waals surface area contributed by atoms with Gasteiger partial charge in [0, 0.05) is 24.1 Å². The Bertz CT molecular complexity index is 599. The van der Waals surface area contributed by atoms with Crippen molar-refractivity contribution in [1.82, 2.24) is 9.80 Å². The molecule has 6 nitrogen and oxygen atoms in total. The van der Waals surface area contributed by atoms with Crippen LogP contribution in [0.4, 0.5) is 4.39 Å². The molecule has 1 N–H and O–H groups in total. The number of carboxylic acid groups (broad SMARTS) is 1. The molecule has 1 unspecified atom stereocenters. The molecule has 0 radical (unpaired) electrons. The lowest BCUT2D eigenvalue weighted by Gasteiger charge is -2.34. The van der Waals surface area contributed by atoms with Crippen LogP contribution >= 0.6 is 15.9 Å². The highest BCUT2D eigenvalue weighted by Crippen LogP contribution is 2.19. The number of likely N-dealkylation sites (N-methyl/N-ethyl adjacent to an activating group) is 1. The summed E-state index contributed by atoms with van der Waals surface area (Å²) in [6.07, 6.45) is -0.299. The lowest BCUT2D eigenvalue weighted by molar-refractivity contribution is -0.138. The molecule has 2 rings (SSSR count). The number of ether oxygens (including phenoxy) is 1. The van der Waals surface area contributed by atoms with Crippen molar-refractivity contribution < 1.29 is 23.8 Å². The third kappa shape index (κ3) is 4.98. The molecule has 0 bridgehead atoms. The summed E-state index contributed by atoms with van der Waals surface area (Å²) in [5.41, 5.74) is 0.0129. The summed E-state index contributed by atoms with van der Waals surface area (Å²) < 4.78 is 20.1. The van der Waals surface area contributed by atoms with Gasteiger partial charge in [-0.25, -0.2) is 4.39 Å². The molecule has 23 heavy (non-hydrogen) atoms. The molecule has 8 heteroatoms. The second-order valence-electron chi connectivity index (χ2n) is 5.46. The van der Waals surface area contributed by atoms with E-state index >= 15 is 0 Å². The highest BCUT2D eigenvalue weighted by atomic mass is 79.9. The van der Waals surface area contributed by atoms with E-state index in [2.05, 4.69) is 15.9 Å². The van der Waals surface area contributed by atoms with Gasteiger partial charge in [0.05, 0.1) is 24.8 Å². The summed E-state index contributed by atoms with van der Waals surface area (Å²) in [5.74, 6) is -1.88. The Morgan fingerprint density at radius 2 is 2.26 bits per heavy atom. The molecule has 1 amide bonds. The lowest BCUT2D eigenvalue weighted by Crippen LogP contribution is -2.49. The number of hydrogen-bond donors (Lipinski definition) is 1. The molecule has 1 saturated heterocycles. The standard InChI is InChI=1S/C15H18BrFN2O4/c1-18(9-14(20)21)7-11-8-19(4-5-23-11)15(22)12-6-10(16)2-3-13(12)17/h2-3,6,11H,4-5,7-9H2,1H3,(H,20,21). The summed E-state index contributed by atoms with van der Waals surface area (Å²) in [6, 6.07) is 4.24. The number of carbonyl (C=O) groups excluding carboxylic acids is 1. The zero-order chi connectivity index (χ0) is 17.0. The predicted molar refractivity (Wildman–Crippen MR) is 84.9 cm³/mol. The Balaban J connectivity index is 2.01. The minimum absolute atomic E-state index is 0.0129. The predicted octanol–water partition coefficient (Wildman–Crippen LogP) is 1.45. The first kappa shape index (κ1) is 17.8. The number of carboxylic acids is 1. The van der Waals surface area contributed by atoms with Crippen molar-refractivity contribution in [3.8, 4) is 0 Å². The SMILES string of the molecule is CN(CC(=O)O)CC1CN(C(=O)c2cc(Br)ccc2F)CCO1. The minimum atomic E-state index is -0.924. The van der Waals surface area contributed by atoms with Gasteiger partial charge in [-0.1, -0.05) is 15.9 Å². The van der Waals surface area contributed by atoms with Crippen LogP contribution < -0.4 is 0 Å². The van der Waals surface area contributed by atoms with Crippen LogP contribution in [0.1, 0.15) is 10.4 Å². The zero-order valence-corrected chi connectivity index (χ0v) is 14.3. The third-order valence-electron chi connectivity index (χ3n) is 3.51. The summed E-state index contributed by atoms with van der Waals surface area (Å²) in [4.78, 5) is 26.3. The van der Waals surface area contributed by atoms with E-state index in [-0.39, 0.29) is 18.2 Å². The van der Waals surface area contributed by atoms with Crippen LogP contribution in [0.2, 0.25) is 0 Å². The Hall–Kier alpha value is -1.51. The first-order valence-corrected chi connectivity index (χ1v) is 7.92. The summed E-state index contributed by atoms with van der Waals surface area (Å²) >= 11 is 3.23. The van der Waals surface area contributed by atoms with Gasteiger partial charge in [0.1, 0.15) is 5.82 Å². The summed E-state index contributed by atoms with van der Waals surface area (Å²) in [6.45, 7) is 1.30. The second-order valence-corrected chi connectivity index (χ2v) is 6.37. The number of halogens is 2. The average molecular weight is 389 g/mol. The maximum atomic E-state index is 13.9. The number of nitrogens with zero attached hydrogens (tertiary/aromatic N) is 2.